The van der Waals surface area contributed by atoms with Crippen LogP contribution in [0.2, 0.25) is 0 Å². The minimum atomic E-state index is -0.164. The van der Waals surface area contributed by atoms with Crippen LogP contribution < -0.4 is 5.73 Å². The molecule has 3 N–H and O–H groups in total. The summed E-state index contributed by atoms with van der Waals surface area (Å²) in [5.74, 6) is 1.52. The fourth-order valence-corrected chi connectivity index (χ4v) is 2.88. The van der Waals surface area contributed by atoms with Gasteiger partial charge in [0.05, 0.1) is 5.92 Å². The summed E-state index contributed by atoms with van der Waals surface area (Å²) in [5, 5.41) is 21.0. The van der Waals surface area contributed by atoms with E-state index >= 15 is 0 Å². The highest BCUT2D eigenvalue weighted by Crippen LogP contribution is 2.25. The van der Waals surface area contributed by atoms with Crippen molar-refractivity contribution in [2.45, 2.75) is 18.0 Å². The van der Waals surface area contributed by atoms with E-state index in [0.717, 1.165) is 16.5 Å². The highest BCUT2D eigenvalue weighted by atomic mass is 32.2. The molecule has 0 spiro atoms. The second kappa shape index (κ2) is 6.42. The topological polar surface area (TPSA) is 89.3 Å². The lowest BCUT2D eigenvalue weighted by Gasteiger charge is -2.15. The molecular formula is C13H17N5OS. The fourth-order valence-electron chi connectivity index (χ4n) is 1.78. The van der Waals surface area contributed by atoms with Crippen LogP contribution in [0.1, 0.15) is 17.3 Å². The number of aryl methyl sites for hydroxylation is 1. The van der Waals surface area contributed by atoms with Crippen LogP contribution in [0.25, 0.3) is 0 Å². The molecule has 1 aromatic carbocycles. The summed E-state index contributed by atoms with van der Waals surface area (Å²) in [7, 11) is 1.92. The minimum Gasteiger partial charge on any atom is -0.409 e. The van der Waals surface area contributed by atoms with E-state index in [0.29, 0.717) is 5.75 Å². The highest BCUT2D eigenvalue weighted by Gasteiger charge is 2.18. The van der Waals surface area contributed by atoms with E-state index in [-0.39, 0.29) is 11.8 Å². The Morgan fingerprint density at radius 2 is 2.10 bits per heavy atom. The molecule has 0 saturated carbocycles. The molecule has 1 atom stereocenters. The molecule has 0 bridgehead atoms. The molecule has 1 aromatic heterocycles. The van der Waals surface area contributed by atoms with Crippen molar-refractivity contribution in [3.8, 4) is 0 Å². The summed E-state index contributed by atoms with van der Waals surface area (Å²) < 4.78 is 1.92. The molecule has 0 amide bonds. The smallest absolute Gasteiger partial charge is 0.190 e. The molecule has 1 heterocycles. The Morgan fingerprint density at radius 3 is 2.65 bits per heavy atom. The van der Waals surface area contributed by atoms with Gasteiger partial charge in [-0.3, -0.25) is 0 Å². The van der Waals surface area contributed by atoms with Crippen molar-refractivity contribution in [1.82, 2.24) is 14.8 Å². The third-order valence-electron chi connectivity index (χ3n) is 3.11. The molecule has 20 heavy (non-hydrogen) atoms. The summed E-state index contributed by atoms with van der Waals surface area (Å²) in [6, 6.07) is 9.73. The quantitative estimate of drug-likeness (QED) is 0.288. The molecule has 0 saturated heterocycles. The minimum absolute atomic E-state index is 0.164. The van der Waals surface area contributed by atoms with E-state index in [1.807, 2.05) is 48.9 Å². The molecule has 0 aliphatic carbocycles. The predicted molar refractivity (Wildman–Crippen MR) is 79.1 cm³/mol. The van der Waals surface area contributed by atoms with Gasteiger partial charge >= 0.3 is 0 Å². The van der Waals surface area contributed by atoms with Crippen LogP contribution in [-0.4, -0.2) is 31.6 Å². The van der Waals surface area contributed by atoms with Crippen LogP contribution in [0.4, 0.5) is 0 Å². The first-order valence-corrected chi connectivity index (χ1v) is 7.13. The molecule has 0 radical (unpaired) electrons. The van der Waals surface area contributed by atoms with Crippen LogP contribution >= 0.6 is 11.8 Å². The number of aromatic nitrogens is 3. The molecule has 106 valence electrons. The first kappa shape index (κ1) is 14.4. The van der Waals surface area contributed by atoms with E-state index in [2.05, 4.69) is 15.4 Å². The lowest BCUT2D eigenvalue weighted by molar-refractivity contribution is 0.316. The molecule has 0 aliphatic heterocycles. The Hall–Kier alpha value is -2.02. The lowest BCUT2D eigenvalue weighted by atomic mass is 10.0. The van der Waals surface area contributed by atoms with Gasteiger partial charge in [0.2, 0.25) is 0 Å². The molecule has 2 rings (SSSR count). The third kappa shape index (κ3) is 3.11. The second-order valence-electron chi connectivity index (χ2n) is 4.39. The van der Waals surface area contributed by atoms with Crippen molar-refractivity contribution in [1.29, 1.82) is 0 Å². The SMILES string of the molecule is Cc1nnc(SCC(C(N)=NO)c2ccccc2)n1C. The maximum Gasteiger partial charge on any atom is 0.190 e. The van der Waals surface area contributed by atoms with E-state index in [9.17, 15) is 0 Å². The van der Waals surface area contributed by atoms with Crippen molar-refractivity contribution in [3.05, 3.63) is 41.7 Å². The number of nitrogens with zero attached hydrogens (tertiary/aromatic N) is 4. The molecule has 2 aromatic rings. The highest BCUT2D eigenvalue weighted by molar-refractivity contribution is 7.99. The zero-order chi connectivity index (χ0) is 14.5. The average Bonchev–Trinajstić information content (AvgIpc) is 2.80. The zero-order valence-corrected chi connectivity index (χ0v) is 12.2. The van der Waals surface area contributed by atoms with Crippen LogP contribution in [0, 0.1) is 6.92 Å². The zero-order valence-electron chi connectivity index (χ0n) is 11.4. The van der Waals surface area contributed by atoms with Crippen molar-refractivity contribution >= 4 is 17.6 Å². The number of hydrogen-bond acceptors (Lipinski definition) is 5. The van der Waals surface area contributed by atoms with E-state index in [1.54, 1.807) is 0 Å². The van der Waals surface area contributed by atoms with Crippen molar-refractivity contribution in [3.63, 3.8) is 0 Å². The fraction of sp³-hybridized carbons (Fsp3) is 0.308. The molecule has 0 fully saturated rings. The summed E-state index contributed by atoms with van der Waals surface area (Å²) in [6.45, 7) is 1.90. The van der Waals surface area contributed by atoms with Crippen LogP contribution in [0.5, 0.6) is 0 Å². The van der Waals surface area contributed by atoms with Gasteiger partial charge in [0.25, 0.3) is 0 Å². The van der Waals surface area contributed by atoms with E-state index in [4.69, 9.17) is 10.9 Å². The van der Waals surface area contributed by atoms with Gasteiger partial charge in [-0.15, -0.1) is 10.2 Å². The van der Waals surface area contributed by atoms with Crippen LogP contribution in [0.3, 0.4) is 0 Å². The summed E-state index contributed by atoms with van der Waals surface area (Å²) in [6.07, 6.45) is 0. The normalized spacial score (nSPS) is 13.4. The number of hydrogen-bond donors (Lipinski definition) is 2. The van der Waals surface area contributed by atoms with Gasteiger partial charge in [-0.25, -0.2) is 0 Å². The Bertz CT molecular complexity index is 596. The Morgan fingerprint density at radius 1 is 1.40 bits per heavy atom. The largest absolute Gasteiger partial charge is 0.409 e. The number of benzene rings is 1. The first-order valence-electron chi connectivity index (χ1n) is 6.14. The van der Waals surface area contributed by atoms with Gasteiger partial charge in [-0.05, 0) is 12.5 Å². The second-order valence-corrected chi connectivity index (χ2v) is 5.38. The van der Waals surface area contributed by atoms with Crippen molar-refractivity contribution in [2.24, 2.45) is 17.9 Å². The summed E-state index contributed by atoms with van der Waals surface area (Å²) >= 11 is 1.53. The van der Waals surface area contributed by atoms with E-state index < -0.39 is 0 Å². The van der Waals surface area contributed by atoms with Crippen molar-refractivity contribution in [2.75, 3.05) is 5.75 Å². The van der Waals surface area contributed by atoms with E-state index in [1.165, 1.54) is 11.8 Å². The lowest BCUT2D eigenvalue weighted by Crippen LogP contribution is -2.24. The van der Waals surface area contributed by atoms with Gasteiger partial charge < -0.3 is 15.5 Å². The van der Waals surface area contributed by atoms with Gasteiger partial charge in [0, 0.05) is 12.8 Å². The van der Waals surface area contributed by atoms with Crippen LogP contribution in [-0.2, 0) is 7.05 Å². The molecule has 7 heteroatoms. The van der Waals surface area contributed by atoms with Gasteiger partial charge in [0.15, 0.2) is 5.16 Å². The van der Waals surface area contributed by atoms with Gasteiger partial charge in [-0.2, -0.15) is 0 Å². The molecule has 0 aliphatic rings. The molecule has 6 nitrogen and oxygen atoms in total. The summed E-state index contributed by atoms with van der Waals surface area (Å²) in [4.78, 5) is 0. The first-order chi connectivity index (χ1) is 9.63. The molecule has 1 unspecified atom stereocenters. The number of thioether (sulfide) groups is 1. The number of nitrogens with two attached hydrogens (primary N) is 1. The summed E-state index contributed by atoms with van der Waals surface area (Å²) in [5.41, 5.74) is 6.81. The van der Waals surface area contributed by atoms with Gasteiger partial charge in [0.1, 0.15) is 11.7 Å². The van der Waals surface area contributed by atoms with Crippen LogP contribution in [0.15, 0.2) is 40.6 Å². The number of amidine groups is 1. The van der Waals surface area contributed by atoms with Crippen molar-refractivity contribution < 1.29 is 5.21 Å². The average molecular weight is 291 g/mol. The Labute approximate surface area is 121 Å². The maximum atomic E-state index is 8.94. The monoisotopic (exact) mass is 291 g/mol. The number of oxime groups is 1. The number of rotatable bonds is 5. The Kier molecular flexibility index (Phi) is 4.62. The van der Waals surface area contributed by atoms with Gasteiger partial charge in [-0.1, -0.05) is 47.2 Å². The Balaban J connectivity index is 2.15. The third-order valence-corrected chi connectivity index (χ3v) is 4.22. The maximum absolute atomic E-state index is 8.94. The predicted octanol–water partition coefficient (Wildman–Crippen LogP) is 1.75. The molecular weight excluding hydrogens is 274 g/mol. The standard InChI is InChI=1S/C13H17N5OS/c1-9-15-16-13(18(9)2)20-8-11(12(14)17-19)10-6-4-3-5-7-10/h3-7,11,19H,8H2,1-2H3,(H2,14,17).